The molecule has 6 heteroatoms. The standard InChI is InChI=1S/C15H20N2O4/c18-10-15(5-6-15)7-8-16-14(21)17-9-11-1-3-12(4-2-11)13(19)20/h1-4,18H,5-10H2,(H,19,20)(H2,16,17,21). The molecular formula is C15H20N2O4. The van der Waals surface area contributed by atoms with E-state index in [2.05, 4.69) is 10.6 Å². The van der Waals surface area contributed by atoms with Crippen LogP contribution in [0, 0.1) is 5.41 Å². The molecule has 0 unspecified atom stereocenters. The summed E-state index contributed by atoms with van der Waals surface area (Å²) in [5.41, 5.74) is 1.10. The minimum atomic E-state index is -0.967. The zero-order chi connectivity index (χ0) is 15.3. The molecule has 0 atom stereocenters. The summed E-state index contributed by atoms with van der Waals surface area (Å²) in [7, 11) is 0. The number of carboxylic acids is 1. The average Bonchev–Trinajstić information content (AvgIpc) is 3.26. The molecule has 1 aromatic carbocycles. The Morgan fingerprint density at radius 2 is 1.81 bits per heavy atom. The van der Waals surface area contributed by atoms with Gasteiger partial charge in [0.1, 0.15) is 0 Å². The molecule has 6 nitrogen and oxygen atoms in total. The van der Waals surface area contributed by atoms with Crippen LogP contribution in [0.2, 0.25) is 0 Å². The second kappa shape index (κ2) is 6.58. The van der Waals surface area contributed by atoms with Crippen LogP contribution in [0.5, 0.6) is 0 Å². The molecule has 0 heterocycles. The van der Waals surface area contributed by atoms with Gasteiger partial charge >= 0.3 is 12.0 Å². The predicted octanol–water partition coefficient (Wildman–Crippen LogP) is 1.35. The van der Waals surface area contributed by atoms with Gasteiger partial charge in [-0.1, -0.05) is 12.1 Å². The Balaban J connectivity index is 1.67. The van der Waals surface area contributed by atoms with Gasteiger partial charge in [0, 0.05) is 19.7 Å². The molecule has 0 aromatic heterocycles. The van der Waals surface area contributed by atoms with E-state index in [1.54, 1.807) is 12.1 Å². The van der Waals surface area contributed by atoms with Crippen molar-refractivity contribution in [3.63, 3.8) is 0 Å². The molecule has 4 N–H and O–H groups in total. The summed E-state index contributed by atoms with van der Waals surface area (Å²) in [6.07, 6.45) is 2.86. The van der Waals surface area contributed by atoms with Gasteiger partial charge in [-0.25, -0.2) is 9.59 Å². The third kappa shape index (κ3) is 4.46. The van der Waals surface area contributed by atoms with Crippen molar-refractivity contribution in [1.82, 2.24) is 10.6 Å². The van der Waals surface area contributed by atoms with Crippen LogP contribution in [0.15, 0.2) is 24.3 Å². The van der Waals surface area contributed by atoms with Gasteiger partial charge in [0.2, 0.25) is 0 Å². The Kier molecular flexibility index (Phi) is 4.80. The SMILES string of the molecule is O=C(NCCC1(CO)CC1)NCc1ccc(C(=O)O)cc1. The normalized spacial score (nSPS) is 15.3. The van der Waals surface area contributed by atoms with Gasteiger partial charge in [-0.05, 0) is 42.4 Å². The molecule has 1 aromatic rings. The van der Waals surface area contributed by atoms with Crippen LogP contribution in [0.3, 0.4) is 0 Å². The van der Waals surface area contributed by atoms with E-state index in [1.165, 1.54) is 12.1 Å². The first-order valence-electron chi connectivity index (χ1n) is 6.99. The number of hydrogen-bond acceptors (Lipinski definition) is 3. The van der Waals surface area contributed by atoms with Crippen molar-refractivity contribution in [2.24, 2.45) is 5.41 Å². The number of carbonyl (C=O) groups excluding carboxylic acids is 1. The smallest absolute Gasteiger partial charge is 0.335 e. The van der Waals surface area contributed by atoms with E-state index in [9.17, 15) is 9.59 Å². The van der Waals surface area contributed by atoms with E-state index < -0.39 is 5.97 Å². The van der Waals surface area contributed by atoms with Crippen LogP contribution in [0.4, 0.5) is 4.79 Å². The van der Waals surface area contributed by atoms with Gasteiger partial charge < -0.3 is 20.8 Å². The molecule has 0 saturated heterocycles. The first kappa shape index (κ1) is 15.3. The van der Waals surface area contributed by atoms with Crippen LogP contribution < -0.4 is 10.6 Å². The van der Waals surface area contributed by atoms with Crippen LogP contribution in [0.1, 0.15) is 35.2 Å². The largest absolute Gasteiger partial charge is 0.478 e. The lowest BCUT2D eigenvalue weighted by atomic mass is 10.0. The Morgan fingerprint density at radius 1 is 1.14 bits per heavy atom. The number of amides is 2. The second-order valence-electron chi connectivity index (χ2n) is 5.52. The average molecular weight is 292 g/mol. The number of rotatable bonds is 7. The van der Waals surface area contributed by atoms with E-state index in [4.69, 9.17) is 10.2 Å². The van der Waals surface area contributed by atoms with Gasteiger partial charge in [0.15, 0.2) is 0 Å². The van der Waals surface area contributed by atoms with Crippen molar-refractivity contribution >= 4 is 12.0 Å². The highest BCUT2D eigenvalue weighted by Crippen LogP contribution is 2.47. The minimum absolute atomic E-state index is 0.0416. The number of urea groups is 1. The summed E-state index contributed by atoms with van der Waals surface area (Å²) in [5.74, 6) is -0.967. The summed E-state index contributed by atoms with van der Waals surface area (Å²) in [4.78, 5) is 22.3. The van der Waals surface area contributed by atoms with Crippen LogP contribution >= 0.6 is 0 Å². The fourth-order valence-corrected chi connectivity index (χ4v) is 2.12. The van der Waals surface area contributed by atoms with E-state index >= 15 is 0 Å². The zero-order valence-electron chi connectivity index (χ0n) is 11.8. The molecular weight excluding hydrogens is 272 g/mol. The monoisotopic (exact) mass is 292 g/mol. The molecule has 0 aliphatic heterocycles. The highest BCUT2D eigenvalue weighted by atomic mass is 16.4. The number of benzene rings is 1. The number of carboxylic acid groups (broad SMARTS) is 1. The molecule has 2 rings (SSSR count). The number of carbonyl (C=O) groups is 2. The number of nitrogens with one attached hydrogen (secondary N) is 2. The summed E-state index contributed by atoms with van der Waals surface area (Å²) in [5, 5.41) is 23.4. The lowest BCUT2D eigenvalue weighted by molar-refractivity contribution is 0.0697. The van der Waals surface area contributed by atoms with Crippen molar-refractivity contribution in [3.8, 4) is 0 Å². The maximum Gasteiger partial charge on any atom is 0.335 e. The van der Waals surface area contributed by atoms with Crippen molar-refractivity contribution in [1.29, 1.82) is 0 Å². The Bertz CT molecular complexity index is 509. The number of hydrogen-bond donors (Lipinski definition) is 4. The molecule has 21 heavy (non-hydrogen) atoms. The highest BCUT2D eigenvalue weighted by molar-refractivity contribution is 5.87. The first-order valence-corrected chi connectivity index (χ1v) is 6.99. The quantitative estimate of drug-likeness (QED) is 0.609. The summed E-state index contributed by atoms with van der Waals surface area (Å²) >= 11 is 0. The summed E-state index contributed by atoms with van der Waals surface area (Å²) in [6, 6.07) is 6.11. The van der Waals surface area contributed by atoms with Crippen molar-refractivity contribution < 1.29 is 19.8 Å². The predicted molar refractivity (Wildman–Crippen MR) is 77.0 cm³/mol. The molecule has 1 aliphatic rings. The van der Waals surface area contributed by atoms with Crippen molar-refractivity contribution in [2.45, 2.75) is 25.8 Å². The van der Waals surface area contributed by atoms with Crippen LogP contribution in [-0.2, 0) is 6.54 Å². The Labute approximate surface area is 123 Å². The van der Waals surface area contributed by atoms with E-state index in [0.29, 0.717) is 13.1 Å². The first-order chi connectivity index (χ1) is 10.0. The third-order valence-electron chi connectivity index (χ3n) is 3.89. The van der Waals surface area contributed by atoms with Gasteiger partial charge in [0.25, 0.3) is 0 Å². The van der Waals surface area contributed by atoms with Gasteiger partial charge in [-0.15, -0.1) is 0 Å². The number of aliphatic hydroxyl groups excluding tert-OH is 1. The van der Waals surface area contributed by atoms with Crippen molar-refractivity contribution in [3.05, 3.63) is 35.4 Å². The maximum atomic E-state index is 11.6. The zero-order valence-corrected chi connectivity index (χ0v) is 11.8. The fraction of sp³-hybridized carbons (Fsp3) is 0.467. The number of aromatic carboxylic acids is 1. The van der Waals surface area contributed by atoms with Crippen LogP contribution in [0.25, 0.3) is 0 Å². The van der Waals surface area contributed by atoms with E-state index in [1.807, 2.05) is 0 Å². The topological polar surface area (TPSA) is 98.7 Å². The Morgan fingerprint density at radius 3 is 2.33 bits per heavy atom. The van der Waals surface area contributed by atoms with Crippen LogP contribution in [-0.4, -0.2) is 35.4 Å². The minimum Gasteiger partial charge on any atom is -0.478 e. The highest BCUT2D eigenvalue weighted by Gasteiger charge is 2.41. The molecule has 1 aliphatic carbocycles. The Hall–Kier alpha value is -2.08. The lowest BCUT2D eigenvalue weighted by Gasteiger charge is -2.12. The van der Waals surface area contributed by atoms with E-state index in [0.717, 1.165) is 24.8 Å². The molecule has 0 bridgehead atoms. The molecule has 114 valence electrons. The lowest BCUT2D eigenvalue weighted by Crippen LogP contribution is -2.36. The van der Waals surface area contributed by atoms with Gasteiger partial charge in [-0.2, -0.15) is 0 Å². The van der Waals surface area contributed by atoms with Crippen molar-refractivity contribution in [2.75, 3.05) is 13.2 Å². The fourth-order valence-electron chi connectivity index (χ4n) is 2.12. The van der Waals surface area contributed by atoms with Gasteiger partial charge in [-0.3, -0.25) is 0 Å². The summed E-state index contributed by atoms with van der Waals surface area (Å²) in [6.45, 7) is 1.08. The maximum absolute atomic E-state index is 11.6. The summed E-state index contributed by atoms with van der Waals surface area (Å²) < 4.78 is 0. The molecule has 0 spiro atoms. The van der Waals surface area contributed by atoms with Gasteiger partial charge in [0.05, 0.1) is 5.56 Å². The molecule has 0 radical (unpaired) electrons. The van der Waals surface area contributed by atoms with E-state index in [-0.39, 0.29) is 23.6 Å². The molecule has 1 fully saturated rings. The number of aliphatic hydroxyl groups is 1. The molecule has 1 saturated carbocycles. The second-order valence-corrected chi connectivity index (χ2v) is 5.52. The third-order valence-corrected chi connectivity index (χ3v) is 3.89. The molecule has 2 amide bonds.